The van der Waals surface area contributed by atoms with Gasteiger partial charge in [0.1, 0.15) is 15.8 Å². The van der Waals surface area contributed by atoms with Crippen LogP contribution in [0.2, 0.25) is 0 Å². The Hall–Kier alpha value is -1.46. The van der Waals surface area contributed by atoms with Gasteiger partial charge < -0.3 is 10.4 Å². The second-order valence-electron chi connectivity index (χ2n) is 4.23. The standard InChI is InChI=1S/C13H17N3OS/c1-4-14-9(3)12-15-16-13(18-12)10-6-5-8(2)11(17)7-10/h5-7,9,14,17H,4H2,1-3H3. The summed E-state index contributed by atoms with van der Waals surface area (Å²) in [7, 11) is 0. The molecular weight excluding hydrogens is 246 g/mol. The van der Waals surface area contributed by atoms with Gasteiger partial charge in [0.25, 0.3) is 0 Å². The molecule has 4 nitrogen and oxygen atoms in total. The zero-order chi connectivity index (χ0) is 13.1. The van der Waals surface area contributed by atoms with Crippen LogP contribution in [0.5, 0.6) is 5.75 Å². The maximum Gasteiger partial charge on any atom is 0.147 e. The summed E-state index contributed by atoms with van der Waals surface area (Å²) < 4.78 is 0. The monoisotopic (exact) mass is 263 g/mol. The molecule has 0 saturated carbocycles. The molecule has 2 N–H and O–H groups in total. The smallest absolute Gasteiger partial charge is 0.147 e. The third-order valence-electron chi connectivity index (χ3n) is 2.78. The van der Waals surface area contributed by atoms with Crippen LogP contribution >= 0.6 is 11.3 Å². The summed E-state index contributed by atoms with van der Waals surface area (Å²) in [5.41, 5.74) is 1.77. The van der Waals surface area contributed by atoms with Gasteiger partial charge >= 0.3 is 0 Å². The average Bonchev–Trinajstić information content (AvgIpc) is 2.82. The molecule has 0 aliphatic rings. The van der Waals surface area contributed by atoms with Crippen molar-refractivity contribution in [1.82, 2.24) is 15.5 Å². The summed E-state index contributed by atoms with van der Waals surface area (Å²) in [6, 6.07) is 5.79. The summed E-state index contributed by atoms with van der Waals surface area (Å²) in [5.74, 6) is 0.295. The Kier molecular flexibility index (Phi) is 3.93. The van der Waals surface area contributed by atoms with Crippen LogP contribution in [0.1, 0.15) is 30.5 Å². The van der Waals surface area contributed by atoms with E-state index in [0.717, 1.165) is 27.7 Å². The van der Waals surface area contributed by atoms with Crippen molar-refractivity contribution in [1.29, 1.82) is 0 Å². The van der Waals surface area contributed by atoms with Crippen molar-refractivity contribution in [3.05, 3.63) is 28.8 Å². The molecule has 0 spiro atoms. The van der Waals surface area contributed by atoms with Gasteiger partial charge in [-0.1, -0.05) is 30.4 Å². The van der Waals surface area contributed by atoms with E-state index in [1.165, 1.54) is 0 Å². The van der Waals surface area contributed by atoms with Crippen LogP contribution in [0.25, 0.3) is 10.6 Å². The van der Waals surface area contributed by atoms with E-state index in [4.69, 9.17) is 0 Å². The Labute approximate surface area is 111 Å². The Morgan fingerprint density at radius 3 is 2.83 bits per heavy atom. The van der Waals surface area contributed by atoms with Gasteiger partial charge in [0.2, 0.25) is 0 Å². The number of aryl methyl sites for hydroxylation is 1. The molecule has 0 radical (unpaired) electrons. The lowest BCUT2D eigenvalue weighted by atomic mass is 10.1. The number of rotatable bonds is 4. The fourth-order valence-corrected chi connectivity index (χ4v) is 2.53. The largest absolute Gasteiger partial charge is 0.508 e. The van der Waals surface area contributed by atoms with Gasteiger partial charge in [-0.15, -0.1) is 10.2 Å². The highest BCUT2D eigenvalue weighted by Crippen LogP contribution is 2.30. The van der Waals surface area contributed by atoms with Crippen molar-refractivity contribution >= 4 is 11.3 Å². The molecular formula is C13H17N3OS. The maximum absolute atomic E-state index is 9.71. The molecule has 2 rings (SSSR count). The lowest BCUT2D eigenvalue weighted by Crippen LogP contribution is -2.17. The first-order chi connectivity index (χ1) is 8.61. The minimum absolute atomic E-state index is 0.209. The van der Waals surface area contributed by atoms with Gasteiger partial charge in [-0.25, -0.2) is 0 Å². The van der Waals surface area contributed by atoms with Crippen LogP contribution in [0.15, 0.2) is 18.2 Å². The SMILES string of the molecule is CCNC(C)c1nnc(-c2ccc(C)c(O)c2)s1. The van der Waals surface area contributed by atoms with E-state index < -0.39 is 0 Å². The Morgan fingerprint density at radius 2 is 2.17 bits per heavy atom. The van der Waals surface area contributed by atoms with E-state index in [2.05, 4.69) is 29.4 Å². The molecule has 0 saturated heterocycles. The van der Waals surface area contributed by atoms with Crippen molar-refractivity contribution in [2.24, 2.45) is 0 Å². The first-order valence-electron chi connectivity index (χ1n) is 5.98. The zero-order valence-electron chi connectivity index (χ0n) is 10.8. The quantitative estimate of drug-likeness (QED) is 0.890. The highest BCUT2D eigenvalue weighted by atomic mass is 32.1. The molecule has 5 heteroatoms. The minimum Gasteiger partial charge on any atom is -0.508 e. The second-order valence-corrected chi connectivity index (χ2v) is 5.24. The van der Waals surface area contributed by atoms with E-state index in [9.17, 15) is 5.11 Å². The van der Waals surface area contributed by atoms with Gasteiger partial charge in [-0.05, 0) is 32.0 Å². The number of hydrogen-bond donors (Lipinski definition) is 2. The molecule has 0 fully saturated rings. The highest BCUT2D eigenvalue weighted by Gasteiger charge is 2.12. The third kappa shape index (κ3) is 2.68. The molecule has 1 unspecified atom stereocenters. The molecule has 1 aromatic carbocycles. The van der Waals surface area contributed by atoms with Crippen molar-refractivity contribution in [3.63, 3.8) is 0 Å². The van der Waals surface area contributed by atoms with Gasteiger partial charge in [-0.3, -0.25) is 0 Å². The predicted octanol–water partition coefficient (Wildman–Crippen LogP) is 2.89. The predicted molar refractivity (Wildman–Crippen MR) is 73.8 cm³/mol. The molecule has 96 valence electrons. The zero-order valence-corrected chi connectivity index (χ0v) is 11.6. The summed E-state index contributed by atoms with van der Waals surface area (Å²) in [5, 5.41) is 23.2. The molecule has 1 heterocycles. The summed E-state index contributed by atoms with van der Waals surface area (Å²) in [4.78, 5) is 0. The van der Waals surface area contributed by atoms with E-state index >= 15 is 0 Å². The van der Waals surface area contributed by atoms with Crippen LogP contribution in [-0.4, -0.2) is 21.8 Å². The maximum atomic E-state index is 9.71. The van der Waals surface area contributed by atoms with Crippen LogP contribution in [0, 0.1) is 6.92 Å². The third-order valence-corrected chi connectivity index (χ3v) is 3.93. The van der Waals surface area contributed by atoms with Gasteiger partial charge in [0, 0.05) is 5.56 Å². The van der Waals surface area contributed by atoms with Gasteiger partial charge in [0.05, 0.1) is 6.04 Å². The minimum atomic E-state index is 0.209. The van der Waals surface area contributed by atoms with E-state index in [0.29, 0.717) is 5.75 Å². The number of benzene rings is 1. The number of phenols is 1. The molecule has 2 aromatic rings. The molecule has 0 amide bonds. The number of phenolic OH excluding ortho intramolecular Hbond substituents is 1. The Balaban J connectivity index is 2.26. The molecule has 0 aliphatic carbocycles. The summed E-state index contributed by atoms with van der Waals surface area (Å²) >= 11 is 1.55. The Morgan fingerprint density at radius 1 is 1.39 bits per heavy atom. The number of nitrogens with one attached hydrogen (secondary N) is 1. The molecule has 0 bridgehead atoms. The topological polar surface area (TPSA) is 58.0 Å². The van der Waals surface area contributed by atoms with Crippen molar-refractivity contribution in [2.45, 2.75) is 26.8 Å². The van der Waals surface area contributed by atoms with Crippen LogP contribution in [0.4, 0.5) is 0 Å². The van der Waals surface area contributed by atoms with Crippen molar-refractivity contribution in [3.8, 4) is 16.3 Å². The van der Waals surface area contributed by atoms with Crippen LogP contribution in [0.3, 0.4) is 0 Å². The second kappa shape index (κ2) is 5.46. The highest BCUT2D eigenvalue weighted by molar-refractivity contribution is 7.14. The summed E-state index contributed by atoms with van der Waals surface area (Å²) in [6.07, 6.45) is 0. The van der Waals surface area contributed by atoms with Crippen LogP contribution < -0.4 is 5.32 Å². The van der Waals surface area contributed by atoms with Crippen molar-refractivity contribution < 1.29 is 5.11 Å². The van der Waals surface area contributed by atoms with Gasteiger partial charge in [-0.2, -0.15) is 0 Å². The normalized spacial score (nSPS) is 12.6. The first-order valence-corrected chi connectivity index (χ1v) is 6.80. The summed E-state index contributed by atoms with van der Waals surface area (Å²) in [6.45, 7) is 6.91. The fraction of sp³-hybridized carbons (Fsp3) is 0.385. The van der Waals surface area contributed by atoms with E-state index in [-0.39, 0.29) is 6.04 Å². The van der Waals surface area contributed by atoms with Gasteiger partial charge in [0.15, 0.2) is 0 Å². The number of nitrogens with zero attached hydrogens (tertiary/aromatic N) is 2. The molecule has 18 heavy (non-hydrogen) atoms. The lowest BCUT2D eigenvalue weighted by molar-refractivity contribution is 0.471. The van der Waals surface area contributed by atoms with Crippen molar-refractivity contribution in [2.75, 3.05) is 6.54 Å². The Bertz CT molecular complexity index is 539. The first kappa shape index (κ1) is 13.0. The van der Waals surface area contributed by atoms with Crippen LogP contribution in [-0.2, 0) is 0 Å². The average molecular weight is 263 g/mol. The number of hydrogen-bond acceptors (Lipinski definition) is 5. The lowest BCUT2D eigenvalue weighted by Gasteiger charge is -2.06. The van der Waals surface area contributed by atoms with E-state index in [1.54, 1.807) is 17.4 Å². The number of aromatic hydroxyl groups is 1. The fourth-order valence-electron chi connectivity index (χ4n) is 1.66. The molecule has 0 aliphatic heterocycles. The number of aromatic nitrogens is 2. The molecule has 1 aromatic heterocycles. The molecule has 1 atom stereocenters. The van der Waals surface area contributed by atoms with E-state index in [1.807, 2.05) is 19.1 Å².